The third-order valence-electron chi connectivity index (χ3n) is 2.89. The van der Waals surface area contributed by atoms with Crippen LogP contribution >= 0.6 is 11.6 Å². The lowest BCUT2D eigenvalue weighted by Gasteiger charge is -2.06. The maximum atomic E-state index is 13.4. The van der Waals surface area contributed by atoms with Crippen LogP contribution in [-0.2, 0) is 4.74 Å². The van der Waals surface area contributed by atoms with Crippen LogP contribution < -0.4 is 0 Å². The SMILES string of the molecule is O=C(COC(=O)c1ccc([N+](=O)[O-])cc1Cl)c1ccccc1F. The van der Waals surface area contributed by atoms with Crippen LogP contribution in [0.1, 0.15) is 20.7 Å². The van der Waals surface area contributed by atoms with Gasteiger partial charge in [-0.2, -0.15) is 0 Å². The number of benzene rings is 2. The first-order chi connectivity index (χ1) is 10.9. The molecule has 0 unspecified atom stereocenters. The van der Waals surface area contributed by atoms with E-state index in [9.17, 15) is 24.1 Å². The topological polar surface area (TPSA) is 86.5 Å². The molecule has 2 aromatic carbocycles. The second-order valence-corrected chi connectivity index (χ2v) is 4.81. The quantitative estimate of drug-likeness (QED) is 0.361. The molecule has 0 saturated carbocycles. The Kier molecular flexibility index (Phi) is 5.02. The highest BCUT2D eigenvalue weighted by molar-refractivity contribution is 6.33. The summed E-state index contributed by atoms with van der Waals surface area (Å²) >= 11 is 5.78. The summed E-state index contributed by atoms with van der Waals surface area (Å²) in [5.41, 5.74) is -0.609. The average molecular weight is 338 g/mol. The summed E-state index contributed by atoms with van der Waals surface area (Å²) < 4.78 is 18.2. The predicted octanol–water partition coefficient (Wildman–Crippen LogP) is 3.43. The number of nitro benzene ring substituents is 1. The van der Waals surface area contributed by atoms with Gasteiger partial charge in [-0.15, -0.1) is 0 Å². The number of ether oxygens (including phenoxy) is 1. The smallest absolute Gasteiger partial charge is 0.340 e. The van der Waals surface area contributed by atoms with Crippen molar-refractivity contribution in [3.8, 4) is 0 Å². The molecule has 0 atom stereocenters. The zero-order chi connectivity index (χ0) is 17.0. The zero-order valence-corrected chi connectivity index (χ0v) is 12.2. The van der Waals surface area contributed by atoms with E-state index in [1.807, 2.05) is 0 Å². The lowest BCUT2D eigenvalue weighted by atomic mass is 10.1. The molecule has 0 aromatic heterocycles. The van der Waals surface area contributed by atoms with Gasteiger partial charge in [0.05, 0.1) is 21.1 Å². The molecule has 0 heterocycles. The fraction of sp³-hybridized carbons (Fsp3) is 0.0667. The summed E-state index contributed by atoms with van der Waals surface area (Å²) in [7, 11) is 0. The number of non-ortho nitro benzene ring substituents is 1. The monoisotopic (exact) mass is 337 g/mol. The minimum absolute atomic E-state index is 0.126. The minimum atomic E-state index is -0.936. The van der Waals surface area contributed by atoms with Crippen molar-refractivity contribution in [1.82, 2.24) is 0 Å². The molecule has 0 amide bonds. The number of esters is 1. The largest absolute Gasteiger partial charge is 0.454 e. The molecular formula is C15H9ClFNO5. The summed E-state index contributed by atoms with van der Waals surface area (Å²) in [6, 6.07) is 8.49. The maximum Gasteiger partial charge on any atom is 0.340 e. The van der Waals surface area contributed by atoms with Crippen molar-refractivity contribution in [2.45, 2.75) is 0 Å². The van der Waals surface area contributed by atoms with Gasteiger partial charge in [-0.1, -0.05) is 23.7 Å². The van der Waals surface area contributed by atoms with Crippen molar-refractivity contribution in [2.75, 3.05) is 6.61 Å². The second kappa shape index (κ2) is 6.97. The van der Waals surface area contributed by atoms with Gasteiger partial charge in [0.2, 0.25) is 5.78 Å². The number of Topliss-reactive ketones (excluding diaryl/α,β-unsaturated/α-hetero) is 1. The van der Waals surface area contributed by atoms with Gasteiger partial charge in [0.15, 0.2) is 6.61 Å². The number of nitrogens with zero attached hydrogens (tertiary/aromatic N) is 1. The first-order valence-corrected chi connectivity index (χ1v) is 6.66. The van der Waals surface area contributed by atoms with Crippen LogP contribution in [0.5, 0.6) is 0 Å². The summed E-state index contributed by atoms with van der Waals surface area (Å²) in [6.45, 7) is -0.674. The van der Waals surface area contributed by atoms with Crippen LogP contribution in [0.25, 0.3) is 0 Å². The molecule has 0 aliphatic carbocycles. The van der Waals surface area contributed by atoms with Crippen LogP contribution in [0, 0.1) is 15.9 Å². The van der Waals surface area contributed by atoms with Crippen LogP contribution in [-0.4, -0.2) is 23.3 Å². The van der Waals surface area contributed by atoms with Gasteiger partial charge in [0.1, 0.15) is 5.82 Å². The molecule has 0 bridgehead atoms. The van der Waals surface area contributed by atoms with E-state index in [1.54, 1.807) is 0 Å². The zero-order valence-electron chi connectivity index (χ0n) is 11.5. The molecule has 0 aliphatic rings. The molecule has 0 radical (unpaired) electrons. The molecule has 0 N–H and O–H groups in total. The van der Waals surface area contributed by atoms with Gasteiger partial charge in [0, 0.05) is 12.1 Å². The number of hydrogen-bond donors (Lipinski definition) is 0. The highest BCUT2D eigenvalue weighted by Crippen LogP contribution is 2.23. The summed E-state index contributed by atoms with van der Waals surface area (Å²) in [5, 5.41) is 10.4. The lowest BCUT2D eigenvalue weighted by Crippen LogP contribution is -2.15. The standard InChI is InChI=1S/C15H9ClFNO5/c16-12-7-9(18(21)22)5-6-10(12)15(20)23-8-14(19)11-3-1-2-4-13(11)17/h1-7H,8H2. The van der Waals surface area contributed by atoms with E-state index in [4.69, 9.17) is 16.3 Å². The van der Waals surface area contributed by atoms with Gasteiger partial charge < -0.3 is 4.74 Å². The number of hydrogen-bond acceptors (Lipinski definition) is 5. The van der Waals surface area contributed by atoms with Crippen molar-refractivity contribution < 1.29 is 23.6 Å². The maximum absolute atomic E-state index is 13.4. The van der Waals surface area contributed by atoms with Gasteiger partial charge in [-0.05, 0) is 18.2 Å². The van der Waals surface area contributed by atoms with Crippen LogP contribution in [0.2, 0.25) is 5.02 Å². The van der Waals surface area contributed by atoms with E-state index in [0.717, 1.165) is 24.3 Å². The lowest BCUT2D eigenvalue weighted by molar-refractivity contribution is -0.384. The normalized spacial score (nSPS) is 10.2. The Morgan fingerprint density at radius 3 is 2.48 bits per heavy atom. The van der Waals surface area contributed by atoms with Crippen molar-refractivity contribution in [3.05, 3.63) is 74.5 Å². The molecule has 0 aliphatic heterocycles. The Labute approximate surface area is 134 Å². The first kappa shape index (κ1) is 16.6. The molecular weight excluding hydrogens is 329 g/mol. The van der Waals surface area contributed by atoms with Gasteiger partial charge >= 0.3 is 5.97 Å². The Balaban J connectivity index is 2.07. The Bertz CT molecular complexity index is 793. The van der Waals surface area contributed by atoms with E-state index in [0.29, 0.717) is 0 Å². The van der Waals surface area contributed by atoms with E-state index in [-0.39, 0.29) is 21.8 Å². The first-order valence-electron chi connectivity index (χ1n) is 6.29. The molecule has 0 saturated heterocycles. The molecule has 23 heavy (non-hydrogen) atoms. The van der Waals surface area contributed by atoms with Gasteiger partial charge in [0.25, 0.3) is 5.69 Å². The Hall–Kier alpha value is -2.80. The summed E-state index contributed by atoms with van der Waals surface area (Å²) in [5.74, 6) is -2.37. The van der Waals surface area contributed by atoms with Crippen molar-refractivity contribution in [2.24, 2.45) is 0 Å². The molecule has 2 rings (SSSR count). The van der Waals surface area contributed by atoms with Crippen LogP contribution in [0.15, 0.2) is 42.5 Å². The van der Waals surface area contributed by atoms with Crippen molar-refractivity contribution in [1.29, 1.82) is 0 Å². The Morgan fingerprint density at radius 2 is 1.87 bits per heavy atom. The second-order valence-electron chi connectivity index (χ2n) is 4.40. The van der Waals surface area contributed by atoms with Crippen LogP contribution in [0.4, 0.5) is 10.1 Å². The van der Waals surface area contributed by atoms with Crippen molar-refractivity contribution >= 4 is 29.0 Å². The summed E-state index contributed by atoms with van der Waals surface area (Å²) in [4.78, 5) is 33.6. The third-order valence-corrected chi connectivity index (χ3v) is 3.20. The number of ketones is 1. The average Bonchev–Trinajstić information content (AvgIpc) is 2.52. The highest BCUT2D eigenvalue weighted by atomic mass is 35.5. The van der Waals surface area contributed by atoms with E-state index < -0.39 is 29.1 Å². The van der Waals surface area contributed by atoms with E-state index >= 15 is 0 Å². The molecule has 0 fully saturated rings. The molecule has 6 nitrogen and oxygen atoms in total. The predicted molar refractivity (Wildman–Crippen MR) is 79.1 cm³/mol. The highest BCUT2D eigenvalue weighted by Gasteiger charge is 2.18. The van der Waals surface area contributed by atoms with Crippen molar-refractivity contribution in [3.63, 3.8) is 0 Å². The van der Waals surface area contributed by atoms with Gasteiger partial charge in [-0.3, -0.25) is 14.9 Å². The molecule has 2 aromatic rings. The minimum Gasteiger partial charge on any atom is -0.454 e. The number of nitro groups is 1. The van der Waals surface area contributed by atoms with E-state index in [2.05, 4.69) is 0 Å². The number of rotatable bonds is 5. The van der Waals surface area contributed by atoms with Crippen LogP contribution in [0.3, 0.4) is 0 Å². The number of halogens is 2. The molecule has 0 spiro atoms. The molecule has 118 valence electrons. The summed E-state index contributed by atoms with van der Waals surface area (Å²) in [6.07, 6.45) is 0. The number of carbonyl (C=O) groups is 2. The Morgan fingerprint density at radius 1 is 1.17 bits per heavy atom. The molecule has 8 heteroatoms. The van der Waals surface area contributed by atoms with E-state index in [1.165, 1.54) is 18.2 Å². The van der Waals surface area contributed by atoms with Gasteiger partial charge in [-0.25, -0.2) is 9.18 Å². The number of carbonyl (C=O) groups excluding carboxylic acids is 2. The fourth-order valence-corrected chi connectivity index (χ4v) is 2.01. The fourth-order valence-electron chi connectivity index (χ4n) is 1.76. The third kappa shape index (κ3) is 3.89.